The lowest BCUT2D eigenvalue weighted by Gasteiger charge is -2.61. The fourth-order valence-corrected chi connectivity index (χ4v) is 4.40. The van der Waals surface area contributed by atoms with Crippen LogP contribution in [-0.4, -0.2) is 91.6 Å². The quantitative estimate of drug-likeness (QED) is 0.505. The molecule has 0 aromatic carbocycles. The summed E-state index contributed by atoms with van der Waals surface area (Å²) in [5.41, 5.74) is -2.67. The van der Waals surface area contributed by atoms with Crippen LogP contribution >= 0.6 is 0 Å². The topological polar surface area (TPSA) is 118 Å². The molecule has 4 rings (SSSR count). The number of aliphatic hydroxyl groups is 3. The molecule has 2 saturated heterocycles. The van der Waals surface area contributed by atoms with E-state index in [0.29, 0.717) is 5.84 Å². The molecule has 0 aliphatic carbocycles. The van der Waals surface area contributed by atoms with Gasteiger partial charge in [-0.3, -0.25) is 9.79 Å². The van der Waals surface area contributed by atoms with Crippen LogP contribution in [0.25, 0.3) is 0 Å². The zero-order valence-electron chi connectivity index (χ0n) is 13.1. The second-order valence-electron chi connectivity index (χ2n) is 6.98. The third-order valence-corrected chi connectivity index (χ3v) is 5.60. The van der Waals surface area contributed by atoms with Gasteiger partial charge in [0, 0.05) is 0 Å². The number of carbonyl (C=O) groups excluding carboxylic acids is 1. The maximum absolute atomic E-state index is 12.1. The van der Waals surface area contributed by atoms with Crippen molar-refractivity contribution in [2.45, 2.75) is 62.6 Å². The monoisotopic (exact) mass is 324 g/mol. The molecule has 0 aromatic rings. The van der Waals surface area contributed by atoms with E-state index >= 15 is 0 Å². The molecule has 2 unspecified atom stereocenters. The Hall–Kier alpha value is -1.55. The van der Waals surface area contributed by atoms with Crippen molar-refractivity contribution in [1.82, 2.24) is 9.80 Å². The highest BCUT2D eigenvalue weighted by molar-refractivity contribution is 6.01. The molecule has 3 N–H and O–H groups in total. The number of ether oxygens (including phenoxy) is 1. The van der Waals surface area contributed by atoms with Gasteiger partial charge in [-0.1, -0.05) is 0 Å². The summed E-state index contributed by atoms with van der Waals surface area (Å²) in [4.78, 5) is 23.8. The van der Waals surface area contributed by atoms with E-state index in [2.05, 4.69) is 9.98 Å². The van der Waals surface area contributed by atoms with Crippen LogP contribution in [0.15, 0.2) is 9.98 Å². The summed E-state index contributed by atoms with van der Waals surface area (Å²) < 4.78 is 5.72. The van der Waals surface area contributed by atoms with Crippen molar-refractivity contribution >= 4 is 18.1 Å². The van der Waals surface area contributed by atoms with Gasteiger partial charge in [0.2, 0.25) is 0 Å². The first-order valence-electron chi connectivity index (χ1n) is 7.61. The summed E-state index contributed by atoms with van der Waals surface area (Å²) in [5.74, 6) is 0.129. The fraction of sp³-hybridized carbons (Fsp3) is 0.786. The second kappa shape index (κ2) is 4.29. The number of amides is 1. The predicted octanol–water partition coefficient (Wildman–Crippen LogP) is -2.11. The highest BCUT2D eigenvalue weighted by Crippen LogP contribution is 2.50. The second-order valence-corrected chi connectivity index (χ2v) is 6.98. The Bertz CT molecular complexity index is 635. The Labute approximate surface area is 132 Å². The Balaban J connectivity index is 1.90. The standard InChI is InChI=1S/C14H20N4O5/c1-6-16-10(21)8-11-17(5-15-8)12-14(22,13(2,3)18(6)11)9(20)7(4-19)23-12/h5,7-9,11-12,19-20,22H,4H2,1-3H3/t7-,8?,9-,11?,12-,14-/m1/s1. The van der Waals surface area contributed by atoms with E-state index in [9.17, 15) is 20.1 Å². The van der Waals surface area contributed by atoms with Crippen molar-refractivity contribution in [3.63, 3.8) is 0 Å². The van der Waals surface area contributed by atoms with Crippen molar-refractivity contribution < 1.29 is 24.9 Å². The number of nitrogens with zero attached hydrogens (tertiary/aromatic N) is 4. The summed E-state index contributed by atoms with van der Waals surface area (Å²) in [5, 5.41) is 31.4. The molecule has 4 heterocycles. The normalized spacial score (nSPS) is 46.8. The van der Waals surface area contributed by atoms with Crippen LogP contribution in [0.5, 0.6) is 0 Å². The number of aliphatic hydroxyl groups excluding tert-OH is 2. The van der Waals surface area contributed by atoms with Gasteiger partial charge in [0.15, 0.2) is 17.9 Å². The zero-order chi connectivity index (χ0) is 16.7. The first-order chi connectivity index (χ1) is 10.7. The smallest absolute Gasteiger partial charge is 0.276 e. The van der Waals surface area contributed by atoms with Crippen molar-refractivity contribution in [3.8, 4) is 0 Å². The lowest BCUT2D eigenvalue weighted by molar-refractivity contribution is -0.238. The molecule has 0 spiro atoms. The summed E-state index contributed by atoms with van der Waals surface area (Å²) in [6.45, 7) is 4.82. The molecule has 1 amide bonds. The summed E-state index contributed by atoms with van der Waals surface area (Å²) in [7, 11) is 0. The van der Waals surface area contributed by atoms with Crippen LogP contribution in [0.1, 0.15) is 20.8 Å². The minimum Gasteiger partial charge on any atom is -0.394 e. The SMILES string of the molecule is CC1=NC(=O)C2N=CN3C2N1C(C)(C)[C@@]1(O)[C@H](O)[C@@H](CO)O[C@@H]31. The minimum absolute atomic E-state index is 0.332. The number of hydrogen-bond acceptors (Lipinski definition) is 8. The molecule has 0 bridgehead atoms. The third-order valence-electron chi connectivity index (χ3n) is 5.60. The highest BCUT2D eigenvalue weighted by Gasteiger charge is 2.73. The Morgan fingerprint density at radius 1 is 1.43 bits per heavy atom. The average Bonchev–Trinajstić information content (AvgIpc) is 3.00. The molecule has 0 radical (unpaired) electrons. The van der Waals surface area contributed by atoms with E-state index < -0.39 is 48.4 Å². The molecule has 4 aliphatic heterocycles. The maximum Gasteiger partial charge on any atom is 0.276 e. The van der Waals surface area contributed by atoms with E-state index in [1.54, 1.807) is 25.7 Å². The molecule has 23 heavy (non-hydrogen) atoms. The largest absolute Gasteiger partial charge is 0.394 e. The number of fused-ring (bicyclic) bond motifs is 2. The number of carbonyl (C=O) groups is 1. The van der Waals surface area contributed by atoms with Crippen LogP contribution in [0.4, 0.5) is 0 Å². The lowest BCUT2D eigenvalue weighted by atomic mass is 9.72. The van der Waals surface area contributed by atoms with E-state index in [1.807, 2.05) is 4.90 Å². The molecule has 0 aromatic heterocycles. The number of rotatable bonds is 1. The lowest BCUT2D eigenvalue weighted by Crippen LogP contribution is -2.82. The Kier molecular flexibility index (Phi) is 2.80. The molecule has 6 atom stereocenters. The molecular weight excluding hydrogens is 304 g/mol. The summed E-state index contributed by atoms with van der Waals surface area (Å²) in [6.07, 6.45) is -2.09. The average molecular weight is 324 g/mol. The van der Waals surface area contributed by atoms with Crippen LogP contribution in [0.2, 0.25) is 0 Å². The first kappa shape index (κ1) is 15.0. The van der Waals surface area contributed by atoms with Crippen LogP contribution in [0.3, 0.4) is 0 Å². The maximum atomic E-state index is 12.1. The van der Waals surface area contributed by atoms with Crippen LogP contribution < -0.4 is 0 Å². The van der Waals surface area contributed by atoms with Gasteiger partial charge in [-0.05, 0) is 20.8 Å². The molecular formula is C14H20N4O5. The number of hydrogen-bond donors (Lipinski definition) is 3. The molecule has 126 valence electrons. The van der Waals surface area contributed by atoms with Crippen molar-refractivity contribution in [3.05, 3.63) is 0 Å². The zero-order valence-corrected chi connectivity index (χ0v) is 13.1. The molecule has 4 aliphatic rings. The fourth-order valence-electron chi connectivity index (χ4n) is 4.40. The molecule has 2 fully saturated rings. The summed E-state index contributed by atoms with van der Waals surface area (Å²) in [6, 6.07) is -0.684. The van der Waals surface area contributed by atoms with Gasteiger partial charge in [-0.15, -0.1) is 0 Å². The van der Waals surface area contributed by atoms with Gasteiger partial charge in [0.25, 0.3) is 5.91 Å². The van der Waals surface area contributed by atoms with Gasteiger partial charge in [0.1, 0.15) is 24.2 Å². The van der Waals surface area contributed by atoms with Crippen LogP contribution in [0, 0.1) is 0 Å². The first-order valence-corrected chi connectivity index (χ1v) is 7.61. The van der Waals surface area contributed by atoms with Gasteiger partial charge in [-0.2, -0.15) is 4.99 Å². The number of amidine groups is 1. The Morgan fingerprint density at radius 2 is 2.13 bits per heavy atom. The molecule has 9 heteroatoms. The molecule has 0 saturated carbocycles. The van der Waals surface area contributed by atoms with Crippen molar-refractivity contribution in [2.75, 3.05) is 6.61 Å². The minimum atomic E-state index is -1.69. The highest BCUT2D eigenvalue weighted by atomic mass is 16.6. The van der Waals surface area contributed by atoms with Gasteiger partial charge in [0.05, 0.1) is 18.5 Å². The van der Waals surface area contributed by atoms with E-state index in [1.165, 1.54) is 6.34 Å². The Morgan fingerprint density at radius 3 is 2.78 bits per heavy atom. The van der Waals surface area contributed by atoms with E-state index in [4.69, 9.17) is 4.74 Å². The van der Waals surface area contributed by atoms with Gasteiger partial charge >= 0.3 is 0 Å². The third kappa shape index (κ3) is 1.49. The van der Waals surface area contributed by atoms with Crippen LogP contribution in [-0.2, 0) is 9.53 Å². The van der Waals surface area contributed by atoms with E-state index in [-0.39, 0.29) is 5.91 Å². The van der Waals surface area contributed by atoms with Crippen molar-refractivity contribution in [2.24, 2.45) is 9.98 Å². The van der Waals surface area contributed by atoms with Crippen molar-refractivity contribution in [1.29, 1.82) is 0 Å². The number of aliphatic imine (C=N–C) groups is 2. The summed E-state index contributed by atoms with van der Waals surface area (Å²) >= 11 is 0. The molecule has 9 nitrogen and oxygen atoms in total. The van der Waals surface area contributed by atoms with Gasteiger partial charge < -0.3 is 29.9 Å². The van der Waals surface area contributed by atoms with E-state index in [0.717, 1.165) is 0 Å². The van der Waals surface area contributed by atoms with Gasteiger partial charge in [-0.25, -0.2) is 0 Å². The predicted molar refractivity (Wildman–Crippen MR) is 78.6 cm³/mol.